The van der Waals surface area contributed by atoms with E-state index in [0.29, 0.717) is 22.6 Å². The topological polar surface area (TPSA) is 30.0 Å². The molecule has 0 fully saturated rings. The van der Waals surface area contributed by atoms with Gasteiger partial charge in [0.1, 0.15) is 10.7 Å². The molecular formula is C13H8F3NOS. The number of benzene rings is 1. The second-order valence-corrected chi connectivity index (χ2v) is 4.57. The maximum Gasteiger partial charge on any atom is 0.416 e. The molecule has 98 valence electrons. The number of hydrogen-bond donors (Lipinski definition) is 0. The van der Waals surface area contributed by atoms with Crippen LogP contribution >= 0.6 is 11.3 Å². The van der Waals surface area contributed by atoms with Crippen molar-refractivity contribution in [2.45, 2.75) is 6.18 Å². The minimum Gasteiger partial charge on any atom is -0.296 e. The van der Waals surface area contributed by atoms with Crippen LogP contribution < -0.4 is 0 Å². The molecule has 19 heavy (non-hydrogen) atoms. The smallest absolute Gasteiger partial charge is 0.296 e. The predicted octanol–water partition coefficient (Wildman–Crippen LogP) is 4.14. The van der Waals surface area contributed by atoms with Gasteiger partial charge in [-0.25, -0.2) is 4.98 Å². The quantitative estimate of drug-likeness (QED) is 0.792. The molecule has 1 heterocycles. The fourth-order valence-corrected chi connectivity index (χ4v) is 2.07. The zero-order valence-electron chi connectivity index (χ0n) is 9.52. The highest BCUT2D eigenvalue weighted by atomic mass is 32.1. The molecule has 0 aliphatic rings. The summed E-state index contributed by atoms with van der Waals surface area (Å²) in [4.78, 5) is 14.4. The number of carbonyl (C=O) groups excluding carboxylic acids is 1. The van der Waals surface area contributed by atoms with Gasteiger partial charge in [0.25, 0.3) is 0 Å². The zero-order chi connectivity index (χ0) is 13.9. The molecule has 0 bridgehead atoms. The molecule has 0 unspecified atom stereocenters. The molecule has 0 N–H and O–H groups in total. The minimum absolute atomic E-state index is 0.314. The van der Waals surface area contributed by atoms with Crippen molar-refractivity contribution < 1.29 is 18.0 Å². The minimum atomic E-state index is -4.35. The van der Waals surface area contributed by atoms with E-state index in [4.69, 9.17) is 0 Å². The molecule has 0 saturated heterocycles. The highest BCUT2D eigenvalue weighted by Crippen LogP contribution is 2.29. The number of thiazole rings is 1. The molecule has 0 aliphatic carbocycles. The normalized spacial score (nSPS) is 11.9. The van der Waals surface area contributed by atoms with Gasteiger partial charge in [0, 0.05) is 5.38 Å². The average Bonchev–Trinajstić information content (AvgIpc) is 2.84. The fourth-order valence-electron chi connectivity index (χ4n) is 1.42. The van der Waals surface area contributed by atoms with Crippen LogP contribution in [-0.2, 0) is 6.18 Å². The molecular weight excluding hydrogens is 275 g/mol. The summed E-state index contributed by atoms with van der Waals surface area (Å²) in [6, 6.07) is 5.00. The van der Waals surface area contributed by atoms with Crippen LogP contribution in [0.2, 0.25) is 0 Å². The summed E-state index contributed by atoms with van der Waals surface area (Å²) in [5, 5.41) is 2.15. The lowest BCUT2D eigenvalue weighted by molar-refractivity contribution is -0.137. The number of rotatable bonds is 3. The summed E-state index contributed by atoms with van der Waals surface area (Å²) in [5.41, 5.74) is 0.0498. The largest absolute Gasteiger partial charge is 0.416 e. The number of hydrogen-bond acceptors (Lipinski definition) is 3. The molecule has 0 atom stereocenters. The van der Waals surface area contributed by atoms with Crippen molar-refractivity contribution in [1.29, 1.82) is 0 Å². The van der Waals surface area contributed by atoms with Crippen molar-refractivity contribution in [1.82, 2.24) is 4.98 Å². The monoisotopic (exact) mass is 283 g/mol. The van der Waals surface area contributed by atoms with Gasteiger partial charge in [-0.2, -0.15) is 13.2 Å². The van der Waals surface area contributed by atoms with Gasteiger partial charge in [0.15, 0.2) is 6.29 Å². The van der Waals surface area contributed by atoms with Crippen LogP contribution in [0.15, 0.2) is 29.6 Å². The number of halogens is 3. The Balaban J connectivity index is 2.21. The van der Waals surface area contributed by atoms with Gasteiger partial charge in [-0.1, -0.05) is 18.2 Å². The van der Waals surface area contributed by atoms with E-state index < -0.39 is 11.7 Å². The van der Waals surface area contributed by atoms with E-state index in [2.05, 4.69) is 4.98 Å². The number of alkyl halides is 3. The number of aromatic nitrogens is 1. The number of carbonyl (C=O) groups is 1. The van der Waals surface area contributed by atoms with Crippen LogP contribution in [0.25, 0.3) is 12.2 Å². The molecule has 0 aliphatic heterocycles. The summed E-state index contributed by atoms with van der Waals surface area (Å²) in [6.07, 6.45) is -0.621. The second-order valence-electron chi connectivity index (χ2n) is 3.69. The Morgan fingerprint density at radius 1 is 1.21 bits per heavy atom. The maximum atomic E-state index is 12.5. The van der Waals surface area contributed by atoms with Crippen LogP contribution in [0.3, 0.4) is 0 Å². The van der Waals surface area contributed by atoms with Crippen LogP contribution in [0.5, 0.6) is 0 Å². The highest BCUT2D eigenvalue weighted by molar-refractivity contribution is 7.10. The van der Waals surface area contributed by atoms with E-state index in [1.165, 1.54) is 23.5 Å². The molecule has 0 amide bonds. The van der Waals surface area contributed by atoms with Crippen LogP contribution in [0.1, 0.15) is 26.6 Å². The van der Waals surface area contributed by atoms with Gasteiger partial charge in [-0.15, -0.1) is 11.3 Å². The number of nitrogens with zero attached hydrogens (tertiary/aromatic N) is 1. The highest BCUT2D eigenvalue weighted by Gasteiger charge is 2.30. The van der Waals surface area contributed by atoms with Crippen LogP contribution in [-0.4, -0.2) is 11.3 Å². The lowest BCUT2D eigenvalue weighted by Gasteiger charge is -2.06. The average molecular weight is 283 g/mol. The predicted molar refractivity (Wildman–Crippen MR) is 67.9 cm³/mol. The van der Waals surface area contributed by atoms with E-state index in [1.807, 2.05) is 0 Å². The van der Waals surface area contributed by atoms with E-state index in [1.54, 1.807) is 17.5 Å². The summed E-state index contributed by atoms with van der Waals surface area (Å²) in [5.74, 6) is 0. The van der Waals surface area contributed by atoms with Crippen molar-refractivity contribution in [3.63, 3.8) is 0 Å². The summed E-state index contributed by atoms with van der Waals surface area (Å²) >= 11 is 1.25. The van der Waals surface area contributed by atoms with E-state index in [-0.39, 0.29) is 0 Å². The van der Waals surface area contributed by atoms with Crippen molar-refractivity contribution in [3.05, 3.63) is 51.5 Å². The lowest BCUT2D eigenvalue weighted by atomic mass is 10.1. The second kappa shape index (κ2) is 5.36. The molecule has 2 nitrogen and oxygen atoms in total. The first-order valence-electron chi connectivity index (χ1n) is 5.25. The van der Waals surface area contributed by atoms with Gasteiger partial charge >= 0.3 is 6.18 Å². The Hall–Kier alpha value is -1.95. The van der Waals surface area contributed by atoms with Gasteiger partial charge in [0.2, 0.25) is 0 Å². The molecule has 0 saturated carbocycles. The lowest BCUT2D eigenvalue weighted by Crippen LogP contribution is -2.04. The van der Waals surface area contributed by atoms with E-state index in [9.17, 15) is 18.0 Å². The van der Waals surface area contributed by atoms with Crippen LogP contribution in [0, 0.1) is 0 Å². The van der Waals surface area contributed by atoms with Crippen LogP contribution in [0.4, 0.5) is 13.2 Å². The van der Waals surface area contributed by atoms with Gasteiger partial charge in [-0.05, 0) is 23.8 Å². The molecule has 2 aromatic rings. The van der Waals surface area contributed by atoms with E-state index in [0.717, 1.165) is 12.1 Å². The summed E-state index contributed by atoms with van der Waals surface area (Å²) in [6.45, 7) is 0. The molecule has 2 rings (SSSR count). The van der Waals surface area contributed by atoms with Gasteiger partial charge in [-0.3, -0.25) is 4.79 Å². The Morgan fingerprint density at radius 2 is 2.00 bits per heavy atom. The summed E-state index contributed by atoms with van der Waals surface area (Å²) < 4.78 is 37.5. The van der Waals surface area contributed by atoms with Gasteiger partial charge < -0.3 is 0 Å². The van der Waals surface area contributed by atoms with Crippen molar-refractivity contribution in [2.75, 3.05) is 0 Å². The molecule has 1 aromatic carbocycles. The first-order chi connectivity index (χ1) is 8.99. The molecule has 6 heteroatoms. The first kappa shape index (κ1) is 13.5. The molecule has 0 radical (unpaired) electrons. The maximum absolute atomic E-state index is 12.5. The SMILES string of the molecule is O=Cc1csc(/C=C/c2cccc(C(F)(F)F)c2)n1. The van der Waals surface area contributed by atoms with Crippen molar-refractivity contribution in [2.24, 2.45) is 0 Å². The fraction of sp³-hybridized carbons (Fsp3) is 0.0769. The Labute approximate surface area is 111 Å². The van der Waals surface area contributed by atoms with Crippen molar-refractivity contribution in [3.8, 4) is 0 Å². The third-order valence-electron chi connectivity index (χ3n) is 2.29. The third kappa shape index (κ3) is 3.51. The third-order valence-corrected chi connectivity index (χ3v) is 3.12. The Morgan fingerprint density at radius 3 is 2.63 bits per heavy atom. The summed E-state index contributed by atoms with van der Waals surface area (Å²) in [7, 11) is 0. The van der Waals surface area contributed by atoms with Gasteiger partial charge in [0.05, 0.1) is 5.56 Å². The first-order valence-corrected chi connectivity index (χ1v) is 6.13. The molecule has 0 spiro atoms. The Bertz CT molecular complexity index is 616. The standard InChI is InChI=1S/C13H8F3NOS/c14-13(15,16)10-3-1-2-9(6-10)4-5-12-17-11(7-18)8-19-12/h1-8H/b5-4+. The van der Waals surface area contributed by atoms with Crippen molar-refractivity contribution >= 4 is 29.8 Å². The van der Waals surface area contributed by atoms with E-state index >= 15 is 0 Å². The molecule has 1 aromatic heterocycles. The zero-order valence-corrected chi connectivity index (χ0v) is 10.3. The number of aldehydes is 1. The Kier molecular flexibility index (Phi) is 3.80.